The normalized spacial score (nSPS) is 20.9. The predicted molar refractivity (Wildman–Crippen MR) is 166 cm³/mol. The van der Waals surface area contributed by atoms with Gasteiger partial charge in [0.05, 0.1) is 18.4 Å². The molecule has 2 fully saturated rings. The average molecular weight is 568 g/mol. The van der Waals surface area contributed by atoms with E-state index in [9.17, 15) is 4.79 Å². The molecule has 3 heterocycles. The summed E-state index contributed by atoms with van der Waals surface area (Å²) in [6.07, 6.45) is 8.81. The number of hydrogen-bond acceptors (Lipinski definition) is 7. The van der Waals surface area contributed by atoms with Gasteiger partial charge in [0.25, 0.3) is 0 Å². The summed E-state index contributed by atoms with van der Waals surface area (Å²) >= 11 is 0. The summed E-state index contributed by atoms with van der Waals surface area (Å²) in [5.74, 6) is 0.186. The van der Waals surface area contributed by atoms with Gasteiger partial charge in [-0.25, -0.2) is 9.97 Å². The van der Waals surface area contributed by atoms with E-state index in [1.165, 1.54) is 12.8 Å². The molecule has 2 aromatic heterocycles. The lowest BCUT2D eigenvalue weighted by molar-refractivity contribution is -0.119. The molecule has 4 aromatic rings. The molecule has 1 aliphatic carbocycles. The van der Waals surface area contributed by atoms with E-state index in [1.54, 1.807) is 13.4 Å². The van der Waals surface area contributed by atoms with E-state index in [2.05, 4.69) is 32.6 Å². The molecule has 0 bridgehead atoms. The van der Waals surface area contributed by atoms with Crippen molar-refractivity contribution >= 4 is 22.8 Å². The fourth-order valence-corrected chi connectivity index (χ4v) is 6.87. The lowest BCUT2D eigenvalue weighted by Gasteiger charge is -2.41. The molecular weight excluding hydrogens is 526 g/mol. The summed E-state index contributed by atoms with van der Waals surface area (Å²) in [5, 5.41) is 0.851. The Kier molecular flexibility index (Phi) is 8.13. The minimum atomic E-state index is -0.512. The van der Waals surface area contributed by atoms with Crippen molar-refractivity contribution in [1.29, 1.82) is 0 Å². The van der Waals surface area contributed by atoms with E-state index in [-0.39, 0.29) is 5.91 Å². The first-order valence-corrected chi connectivity index (χ1v) is 15.0. The van der Waals surface area contributed by atoms with Crippen molar-refractivity contribution in [3.05, 3.63) is 72.2 Å². The molecule has 1 unspecified atom stereocenters. The Morgan fingerprint density at radius 3 is 2.40 bits per heavy atom. The van der Waals surface area contributed by atoms with Crippen LogP contribution in [0.5, 0.6) is 5.75 Å². The number of likely N-dealkylation sites (N-methyl/N-ethyl adjacent to an activating group) is 1. The quantitative estimate of drug-likeness (QED) is 0.327. The van der Waals surface area contributed by atoms with E-state index in [4.69, 9.17) is 21.2 Å². The zero-order valence-electron chi connectivity index (χ0n) is 24.6. The molecule has 9 nitrogen and oxygen atoms in total. The molecule has 0 radical (unpaired) electrons. The Hall–Kier alpha value is -3.95. The second-order valence-electron chi connectivity index (χ2n) is 11.8. The predicted octanol–water partition coefficient (Wildman–Crippen LogP) is 4.23. The third kappa shape index (κ3) is 5.58. The van der Waals surface area contributed by atoms with Crippen LogP contribution in [0.1, 0.15) is 48.8 Å². The van der Waals surface area contributed by atoms with E-state index in [0.717, 1.165) is 72.3 Å². The smallest absolute Gasteiger partial charge is 0.225 e. The zero-order valence-corrected chi connectivity index (χ0v) is 24.6. The first-order valence-electron chi connectivity index (χ1n) is 15.0. The van der Waals surface area contributed by atoms with Gasteiger partial charge in [0.15, 0.2) is 0 Å². The van der Waals surface area contributed by atoms with Gasteiger partial charge in [0.2, 0.25) is 5.91 Å². The highest BCUT2D eigenvalue weighted by atomic mass is 16.5. The van der Waals surface area contributed by atoms with Crippen molar-refractivity contribution in [3.63, 3.8) is 0 Å². The maximum absolute atomic E-state index is 12.6. The monoisotopic (exact) mass is 567 g/mol. The third-order valence-electron chi connectivity index (χ3n) is 9.30. The van der Waals surface area contributed by atoms with Crippen LogP contribution < -0.4 is 16.2 Å². The summed E-state index contributed by atoms with van der Waals surface area (Å²) in [4.78, 5) is 26.7. The molecule has 1 atom stereocenters. The van der Waals surface area contributed by atoms with Crippen LogP contribution in [0, 0.1) is 0 Å². The molecular formula is C33H41N7O2. The molecule has 0 spiro atoms. The molecule has 42 heavy (non-hydrogen) atoms. The minimum Gasteiger partial charge on any atom is -0.496 e. The van der Waals surface area contributed by atoms with Crippen LogP contribution in [0.2, 0.25) is 0 Å². The summed E-state index contributed by atoms with van der Waals surface area (Å²) in [6, 6.07) is 16.9. The Labute approximate surface area is 247 Å². The number of rotatable bonds is 8. The average Bonchev–Trinajstić information content (AvgIpc) is 3.41. The Morgan fingerprint density at radius 1 is 1.00 bits per heavy atom. The lowest BCUT2D eigenvalue weighted by Crippen LogP contribution is -2.49. The van der Waals surface area contributed by atoms with Gasteiger partial charge >= 0.3 is 0 Å². The molecule has 1 aliphatic heterocycles. The molecule has 6 rings (SSSR count). The standard InChI is InChI=1S/C33H41N7O2/c1-38-14-16-39(17-15-38)24-9-11-25(12-10-24)40-20-28(30-31(34)36-21-37-33(30)40)23-8-13-26(29(19-23)42-2)27(32(35)41)18-22-6-4-3-5-7-22/h3-8,13,19-21,24-25,27H,9-12,14-18H2,1-2H3,(H2,35,41)(H2,34,36,37). The zero-order chi connectivity index (χ0) is 29.2. The highest BCUT2D eigenvalue weighted by Crippen LogP contribution is 2.41. The van der Waals surface area contributed by atoms with Gasteiger partial charge in [-0.15, -0.1) is 0 Å². The second kappa shape index (κ2) is 12.1. The molecule has 1 amide bonds. The fraction of sp³-hybridized carbons (Fsp3) is 0.424. The number of nitrogen functional groups attached to an aromatic ring is 1. The molecule has 9 heteroatoms. The number of nitrogens with two attached hydrogens (primary N) is 2. The van der Waals surface area contributed by atoms with E-state index in [0.29, 0.717) is 30.1 Å². The van der Waals surface area contributed by atoms with Crippen LogP contribution in [0.3, 0.4) is 0 Å². The van der Waals surface area contributed by atoms with Crippen LogP contribution in [0.4, 0.5) is 5.82 Å². The van der Waals surface area contributed by atoms with Gasteiger partial charge in [0.1, 0.15) is 23.5 Å². The van der Waals surface area contributed by atoms with E-state index >= 15 is 0 Å². The highest BCUT2D eigenvalue weighted by Gasteiger charge is 2.30. The number of anilines is 1. The number of benzene rings is 2. The Bertz CT molecular complexity index is 1540. The molecule has 220 valence electrons. The second-order valence-corrected chi connectivity index (χ2v) is 11.8. The van der Waals surface area contributed by atoms with Crippen LogP contribution in [0.25, 0.3) is 22.2 Å². The van der Waals surface area contributed by atoms with Crippen LogP contribution in [-0.4, -0.2) is 76.6 Å². The van der Waals surface area contributed by atoms with Crippen molar-refractivity contribution in [1.82, 2.24) is 24.3 Å². The van der Waals surface area contributed by atoms with Gasteiger partial charge in [0, 0.05) is 55.6 Å². The van der Waals surface area contributed by atoms with E-state index in [1.807, 2.05) is 48.5 Å². The lowest BCUT2D eigenvalue weighted by atomic mass is 9.89. The number of methoxy groups -OCH3 is 1. The fourth-order valence-electron chi connectivity index (χ4n) is 6.87. The third-order valence-corrected chi connectivity index (χ3v) is 9.30. The molecule has 1 saturated heterocycles. The molecule has 2 aromatic carbocycles. The molecule has 2 aliphatic rings. The minimum absolute atomic E-state index is 0.352. The first-order chi connectivity index (χ1) is 20.4. The molecule has 1 saturated carbocycles. The first kappa shape index (κ1) is 28.2. The van der Waals surface area contributed by atoms with Crippen molar-refractivity contribution < 1.29 is 9.53 Å². The number of piperazine rings is 1. The summed E-state index contributed by atoms with van der Waals surface area (Å²) < 4.78 is 8.14. The summed E-state index contributed by atoms with van der Waals surface area (Å²) in [6.45, 7) is 4.62. The molecule has 4 N–H and O–H groups in total. The van der Waals surface area contributed by atoms with Crippen LogP contribution in [-0.2, 0) is 11.2 Å². The number of hydrogen-bond donors (Lipinski definition) is 2. The maximum atomic E-state index is 12.6. The summed E-state index contributed by atoms with van der Waals surface area (Å²) in [5.41, 5.74) is 17.0. The van der Waals surface area contributed by atoms with Gasteiger partial charge in [-0.05, 0) is 56.3 Å². The van der Waals surface area contributed by atoms with Crippen molar-refractivity contribution in [2.24, 2.45) is 5.73 Å². The number of carbonyl (C=O) groups is 1. The van der Waals surface area contributed by atoms with Crippen molar-refractivity contribution in [2.75, 3.05) is 46.1 Å². The number of ether oxygens (including phenoxy) is 1. The van der Waals surface area contributed by atoms with Gasteiger partial charge in [-0.3, -0.25) is 9.69 Å². The number of nitrogens with zero attached hydrogens (tertiary/aromatic N) is 5. The van der Waals surface area contributed by atoms with E-state index < -0.39 is 5.92 Å². The highest BCUT2D eigenvalue weighted by molar-refractivity contribution is 6.01. The summed E-state index contributed by atoms with van der Waals surface area (Å²) in [7, 11) is 3.84. The van der Waals surface area contributed by atoms with Crippen molar-refractivity contribution in [2.45, 2.75) is 50.1 Å². The van der Waals surface area contributed by atoms with Crippen LogP contribution >= 0.6 is 0 Å². The topological polar surface area (TPSA) is 116 Å². The maximum Gasteiger partial charge on any atom is 0.225 e. The number of carbonyl (C=O) groups excluding carboxylic acids is 1. The number of amides is 1. The van der Waals surface area contributed by atoms with Gasteiger partial charge < -0.3 is 25.7 Å². The van der Waals surface area contributed by atoms with Crippen molar-refractivity contribution in [3.8, 4) is 16.9 Å². The number of fused-ring (bicyclic) bond motifs is 1. The number of primary amides is 1. The van der Waals surface area contributed by atoms with Gasteiger partial charge in [-0.2, -0.15) is 0 Å². The Morgan fingerprint density at radius 2 is 1.71 bits per heavy atom. The van der Waals surface area contributed by atoms with Gasteiger partial charge in [-0.1, -0.05) is 42.5 Å². The largest absolute Gasteiger partial charge is 0.496 e. The SMILES string of the molecule is COc1cc(-c2cn(C3CCC(N4CCN(C)CC4)CC3)c3ncnc(N)c23)ccc1C(Cc1ccccc1)C(N)=O. The number of aromatic nitrogens is 3. The Balaban J connectivity index is 1.30. The van der Waals surface area contributed by atoms with Crippen LogP contribution in [0.15, 0.2) is 61.1 Å².